The van der Waals surface area contributed by atoms with Crippen LogP contribution in [0.2, 0.25) is 0 Å². The molecule has 0 saturated carbocycles. The molecule has 12 heteroatoms. The Morgan fingerprint density at radius 1 is 0.436 bits per heavy atom. The lowest BCUT2D eigenvalue weighted by molar-refractivity contribution is -0.141. The van der Waals surface area contributed by atoms with Crippen molar-refractivity contribution in [1.29, 1.82) is 0 Å². The number of carbonyl (C=O) groups excluding carboxylic acids is 8. The van der Waals surface area contributed by atoms with Crippen LogP contribution in [0.3, 0.4) is 0 Å². The van der Waals surface area contributed by atoms with E-state index >= 15 is 0 Å². The normalized spacial score (nSPS) is 19.2. The predicted molar refractivity (Wildman–Crippen MR) is 214 cm³/mol. The molecule has 0 aromatic rings. The van der Waals surface area contributed by atoms with E-state index in [0.29, 0.717) is 25.9 Å². The first kappa shape index (κ1) is 49.1. The molecule has 0 bridgehead atoms. The molecule has 2 unspecified atom stereocenters. The zero-order valence-corrected chi connectivity index (χ0v) is 35.1. The molecule has 0 aromatic heterocycles. The van der Waals surface area contributed by atoms with Crippen molar-refractivity contribution >= 4 is 47.3 Å². The lowest BCUT2D eigenvalue weighted by Crippen LogP contribution is -2.36. The molecule has 4 aliphatic heterocycles. The Hall–Kier alpha value is -3.96. The van der Waals surface area contributed by atoms with Crippen LogP contribution in [0.1, 0.15) is 152 Å². The van der Waals surface area contributed by atoms with Gasteiger partial charge in [-0.3, -0.25) is 58.0 Å². The average molecular weight is 771 g/mol. The standard InChI is InChI=1S/C17H24N2O4.C14H18N2O4.C9H20.C3H8/c1-12(2)13-11-16(22)19(17(13)23)10-6-4-3-5-9-18-14(20)7-8-15(18)21;1-9(2)10-8-13(19)16(14(10)20)7-3-6-15-11(17)4-5-12(15)18;1-3-5-7-9-8-6-4-2;1-3-2/h7-8,12-13H,3-6,9-11H2,1-2H3;4-5,9-10H,3,6-8H2,1-2H3;3-9H2,1-2H3;3H2,1-2H3. The van der Waals surface area contributed by atoms with Gasteiger partial charge in [-0.05, 0) is 31.1 Å². The first-order valence-electron chi connectivity index (χ1n) is 20.9. The molecule has 0 spiro atoms. The second-order valence-electron chi connectivity index (χ2n) is 15.4. The van der Waals surface area contributed by atoms with E-state index in [0.717, 1.165) is 30.6 Å². The number of rotatable bonds is 19. The van der Waals surface area contributed by atoms with E-state index in [1.807, 2.05) is 27.7 Å². The molecule has 310 valence electrons. The van der Waals surface area contributed by atoms with Gasteiger partial charge in [-0.2, -0.15) is 0 Å². The van der Waals surface area contributed by atoms with Crippen molar-refractivity contribution in [3.63, 3.8) is 0 Å². The number of nitrogens with zero attached hydrogens (tertiary/aromatic N) is 4. The molecule has 2 saturated heterocycles. The van der Waals surface area contributed by atoms with Crippen LogP contribution in [0, 0.1) is 23.7 Å². The summed E-state index contributed by atoms with van der Waals surface area (Å²) in [5.74, 6) is -1.64. The smallest absolute Gasteiger partial charge is 0.253 e. The Kier molecular flexibility index (Phi) is 23.9. The zero-order chi connectivity index (χ0) is 41.5. The van der Waals surface area contributed by atoms with Gasteiger partial charge in [-0.1, -0.05) is 120 Å². The van der Waals surface area contributed by atoms with E-state index in [9.17, 15) is 38.4 Å². The Labute approximate surface area is 330 Å². The fraction of sp³-hybridized carbons (Fsp3) is 0.721. The van der Waals surface area contributed by atoms with Gasteiger partial charge in [0.15, 0.2) is 0 Å². The SMILES string of the molecule is CC(C)C1CC(=O)N(CCCCCCN2C(=O)C=CC2=O)C1=O.CC(C)C1CC(=O)N(CCCN2C(=O)C=CC2=O)C1=O.CCC.CCCCCCCCC. The van der Waals surface area contributed by atoms with Crippen LogP contribution in [0.25, 0.3) is 0 Å². The van der Waals surface area contributed by atoms with Crippen LogP contribution < -0.4 is 0 Å². The summed E-state index contributed by atoms with van der Waals surface area (Å²) in [4.78, 5) is 98.3. The largest absolute Gasteiger partial charge is 0.282 e. The average Bonchev–Trinajstić information content (AvgIpc) is 3.83. The molecule has 2 atom stereocenters. The second kappa shape index (κ2) is 26.8. The van der Waals surface area contributed by atoms with Crippen LogP contribution in [0.5, 0.6) is 0 Å². The van der Waals surface area contributed by atoms with Crippen molar-refractivity contribution in [3.8, 4) is 0 Å². The quantitative estimate of drug-likeness (QED) is 0.101. The maximum Gasteiger partial charge on any atom is 0.253 e. The van der Waals surface area contributed by atoms with Crippen molar-refractivity contribution in [2.75, 3.05) is 26.2 Å². The topological polar surface area (TPSA) is 150 Å². The van der Waals surface area contributed by atoms with Crippen LogP contribution >= 0.6 is 0 Å². The van der Waals surface area contributed by atoms with Gasteiger partial charge < -0.3 is 0 Å². The van der Waals surface area contributed by atoms with Gasteiger partial charge >= 0.3 is 0 Å². The summed E-state index contributed by atoms with van der Waals surface area (Å²) in [6.45, 7) is 18.0. The predicted octanol–water partition coefficient (Wildman–Crippen LogP) is 7.01. The maximum absolute atomic E-state index is 12.1. The number of amides is 8. The number of hydrogen-bond acceptors (Lipinski definition) is 8. The maximum atomic E-state index is 12.1. The Balaban J connectivity index is 0.000000430. The molecule has 0 N–H and O–H groups in total. The fourth-order valence-electron chi connectivity index (χ4n) is 6.54. The van der Waals surface area contributed by atoms with E-state index in [4.69, 9.17) is 0 Å². The summed E-state index contributed by atoms with van der Waals surface area (Å²) in [6, 6.07) is 0. The number of carbonyl (C=O) groups is 8. The van der Waals surface area contributed by atoms with Crippen molar-refractivity contribution in [1.82, 2.24) is 19.6 Å². The minimum absolute atomic E-state index is 0.0377. The lowest BCUT2D eigenvalue weighted by Gasteiger charge is -2.18. The fourth-order valence-corrected chi connectivity index (χ4v) is 6.54. The van der Waals surface area contributed by atoms with Gasteiger partial charge in [0, 0.05) is 75.2 Å². The Morgan fingerprint density at radius 3 is 1.02 bits per heavy atom. The number of unbranched alkanes of at least 4 members (excludes halogenated alkanes) is 9. The van der Waals surface area contributed by atoms with Gasteiger partial charge in [0.2, 0.25) is 23.6 Å². The minimum atomic E-state index is -0.339. The van der Waals surface area contributed by atoms with Crippen molar-refractivity contribution in [2.45, 2.75) is 152 Å². The van der Waals surface area contributed by atoms with Crippen molar-refractivity contribution < 1.29 is 38.4 Å². The summed E-state index contributed by atoms with van der Waals surface area (Å²) in [7, 11) is 0. The number of hydrogen-bond donors (Lipinski definition) is 0. The van der Waals surface area contributed by atoms with E-state index in [2.05, 4.69) is 27.7 Å². The summed E-state index contributed by atoms with van der Waals surface area (Å²) >= 11 is 0. The molecule has 0 aliphatic carbocycles. The third-order valence-electron chi connectivity index (χ3n) is 9.95. The van der Waals surface area contributed by atoms with E-state index in [1.54, 1.807) is 0 Å². The molecular weight excluding hydrogens is 700 g/mol. The molecule has 4 heterocycles. The molecular formula is C43H70N4O8. The molecule has 0 aromatic carbocycles. The summed E-state index contributed by atoms with van der Waals surface area (Å²) < 4.78 is 0. The summed E-state index contributed by atoms with van der Waals surface area (Å²) in [5, 5.41) is 0. The van der Waals surface area contributed by atoms with Crippen LogP contribution in [0.15, 0.2) is 24.3 Å². The van der Waals surface area contributed by atoms with E-state index in [1.165, 1.54) is 90.4 Å². The molecule has 55 heavy (non-hydrogen) atoms. The summed E-state index contributed by atoms with van der Waals surface area (Å²) in [5.41, 5.74) is 0. The van der Waals surface area contributed by atoms with E-state index < -0.39 is 0 Å². The first-order valence-corrected chi connectivity index (χ1v) is 20.9. The molecule has 0 radical (unpaired) electrons. The molecule has 12 nitrogen and oxygen atoms in total. The number of likely N-dealkylation sites (tertiary alicyclic amines) is 2. The monoisotopic (exact) mass is 771 g/mol. The minimum Gasteiger partial charge on any atom is -0.282 e. The second-order valence-corrected chi connectivity index (χ2v) is 15.4. The number of imide groups is 4. The highest BCUT2D eigenvalue weighted by atomic mass is 16.2. The highest BCUT2D eigenvalue weighted by Crippen LogP contribution is 2.27. The van der Waals surface area contributed by atoms with Gasteiger partial charge in [-0.25, -0.2) is 0 Å². The third-order valence-corrected chi connectivity index (χ3v) is 9.95. The van der Waals surface area contributed by atoms with E-state index in [-0.39, 0.29) is 90.4 Å². The molecule has 2 fully saturated rings. The highest BCUT2D eigenvalue weighted by molar-refractivity contribution is 6.13. The van der Waals surface area contributed by atoms with Crippen LogP contribution in [-0.2, 0) is 38.4 Å². The lowest BCUT2D eigenvalue weighted by atomic mass is 9.94. The van der Waals surface area contributed by atoms with Gasteiger partial charge in [0.1, 0.15) is 0 Å². The third kappa shape index (κ3) is 16.7. The molecule has 4 rings (SSSR count). The molecule has 8 amide bonds. The summed E-state index contributed by atoms with van der Waals surface area (Å²) in [6.07, 6.45) is 20.5. The van der Waals surface area contributed by atoms with Gasteiger partial charge in [0.05, 0.1) is 0 Å². The van der Waals surface area contributed by atoms with Crippen LogP contribution in [0.4, 0.5) is 0 Å². The first-order chi connectivity index (χ1) is 26.2. The van der Waals surface area contributed by atoms with Crippen molar-refractivity contribution in [2.24, 2.45) is 23.7 Å². The van der Waals surface area contributed by atoms with Crippen molar-refractivity contribution in [3.05, 3.63) is 24.3 Å². The van der Waals surface area contributed by atoms with Gasteiger partial charge in [-0.15, -0.1) is 0 Å². The van der Waals surface area contributed by atoms with Gasteiger partial charge in [0.25, 0.3) is 23.6 Å². The Morgan fingerprint density at radius 2 is 0.709 bits per heavy atom. The van der Waals surface area contributed by atoms with Crippen LogP contribution in [-0.4, -0.2) is 93.0 Å². The zero-order valence-electron chi connectivity index (χ0n) is 35.1. The highest BCUT2D eigenvalue weighted by Gasteiger charge is 2.40. The Bertz CT molecular complexity index is 1310. The molecule has 4 aliphatic rings.